The molecular weight excluding hydrogens is 188 g/mol. The highest BCUT2D eigenvalue weighted by Gasteiger charge is 2.33. The van der Waals surface area contributed by atoms with Crippen molar-refractivity contribution in [3.8, 4) is 0 Å². The van der Waals surface area contributed by atoms with Crippen molar-refractivity contribution in [1.82, 2.24) is 4.90 Å². The molecule has 0 amide bonds. The molecule has 0 bridgehead atoms. The highest BCUT2D eigenvalue weighted by atomic mass is 16.3. The number of nitrogens with zero attached hydrogens (tertiary/aromatic N) is 2. The van der Waals surface area contributed by atoms with Gasteiger partial charge in [0.1, 0.15) is 11.9 Å². The summed E-state index contributed by atoms with van der Waals surface area (Å²) in [5.41, 5.74) is 2.93. The molecule has 0 spiro atoms. The molecule has 1 fully saturated rings. The lowest BCUT2D eigenvalue weighted by molar-refractivity contribution is 0.245. The van der Waals surface area contributed by atoms with Crippen LogP contribution in [0.5, 0.6) is 0 Å². The number of rotatable bonds is 0. The fourth-order valence-corrected chi connectivity index (χ4v) is 2.17. The van der Waals surface area contributed by atoms with E-state index in [0.29, 0.717) is 0 Å². The zero-order valence-corrected chi connectivity index (χ0v) is 8.35. The zero-order chi connectivity index (χ0) is 10.4. The Hall–Kier alpha value is -1.61. The van der Waals surface area contributed by atoms with Crippen LogP contribution in [0.4, 0.5) is 5.69 Å². The van der Waals surface area contributed by atoms with Crippen LogP contribution in [0, 0.1) is 0 Å². The topological polar surface area (TPSA) is 35.8 Å². The van der Waals surface area contributed by atoms with Gasteiger partial charge < -0.3 is 10.0 Å². The Morgan fingerprint density at radius 1 is 1.40 bits per heavy atom. The van der Waals surface area contributed by atoms with E-state index < -0.39 is 6.10 Å². The Bertz CT molecular complexity index is 464. The number of amidine groups is 1. The van der Waals surface area contributed by atoms with Crippen molar-refractivity contribution in [3.05, 3.63) is 36.4 Å². The standard InChI is InChI=1S/C12H12N2O/c1-8-9-4-2-3-5-10(9)13-12-11(15)6-7-14(8)12/h2-5,11,15H,1,6-7H2. The molecule has 0 radical (unpaired) electrons. The van der Waals surface area contributed by atoms with E-state index >= 15 is 0 Å². The van der Waals surface area contributed by atoms with Crippen LogP contribution in [0.1, 0.15) is 12.0 Å². The lowest BCUT2D eigenvalue weighted by atomic mass is 10.1. The first-order chi connectivity index (χ1) is 7.27. The largest absolute Gasteiger partial charge is 0.385 e. The van der Waals surface area contributed by atoms with E-state index in [1.165, 1.54) is 0 Å². The van der Waals surface area contributed by atoms with Gasteiger partial charge in [-0.1, -0.05) is 24.8 Å². The number of aliphatic hydroxyl groups excluding tert-OH is 1. The van der Waals surface area contributed by atoms with Gasteiger partial charge in [-0.15, -0.1) is 0 Å². The van der Waals surface area contributed by atoms with Gasteiger partial charge in [-0.3, -0.25) is 0 Å². The Morgan fingerprint density at radius 2 is 2.20 bits per heavy atom. The number of aliphatic hydroxyl groups is 1. The molecule has 0 aliphatic carbocycles. The van der Waals surface area contributed by atoms with Crippen LogP contribution in [0.25, 0.3) is 5.70 Å². The molecule has 1 N–H and O–H groups in total. The van der Waals surface area contributed by atoms with Gasteiger partial charge in [0.25, 0.3) is 0 Å². The normalized spacial score (nSPS) is 23.5. The summed E-state index contributed by atoms with van der Waals surface area (Å²) in [6, 6.07) is 7.91. The molecule has 1 aromatic carbocycles. The Kier molecular flexibility index (Phi) is 1.70. The minimum absolute atomic E-state index is 0.435. The second kappa shape index (κ2) is 2.94. The summed E-state index contributed by atoms with van der Waals surface area (Å²) in [5, 5.41) is 9.75. The van der Waals surface area contributed by atoms with Crippen LogP contribution in [-0.4, -0.2) is 28.5 Å². The number of para-hydroxylation sites is 1. The van der Waals surface area contributed by atoms with Gasteiger partial charge in [0.2, 0.25) is 0 Å². The lowest BCUT2D eigenvalue weighted by Crippen LogP contribution is -2.30. The molecule has 3 rings (SSSR count). The van der Waals surface area contributed by atoms with Crippen LogP contribution in [0.15, 0.2) is 35.8 Å². The summed E-state index contributed by atoms with van der Waals surface area (Å²) in [6.07, 6.45) is 0.307. The van der Waals surface area contributed by atoms with Crippen molar-refractivity contribution in [2.24, 2.45) is 4.99 Å². The maximum absolute atomic E-state index is 9.75. The third-order valence-electron chi connectivity index (χ3n) is 2.98. The summed E-state index contributed by atoms with van der Waals surface area (Å²) in [5.74, 6) is 0.749. The molecule has 1 atom stereocenters. The third-order valence-corrected chi connectivity index (χ3v) is 2.98. The first-order valence-corrected chi connectivity index (χ1v) is 5.10. The van der Waals surface area contributed by atoms with Crippen LogP contribution in [-0.2, 0) is 0 Å². The van der Waals surface area contributed by atoms with E-state index in [1.807, 2.05) is 29.2 Å². The molecule has 2 aliphatic rings. The number of hydrogen-bond donors (Lipinski definition) is 1. The van der Waals surface area contributed by atoms with E-state index in [0.717, 1.165) is 35.7 Å². The Morgan fingerprint density at radius 3 is 3.07 bits per heavy atom. The molecule has 0 saturated carbocycles. The molecule has 15 heavy (non-hydrogen) atoms. The zero-order valence-electron chi connectivity index (χ0n) is 8.35. The summed E-state index contributed by atoms with van der Waals surface area (Å²) in [4.78, 5) is 6.48. The van der Waals surface area contributed by atoms with Crippen LogP contribution < -0.4 is 0 Å². The first kappa shape index (κ1) is 8.68. The minimum atomic E-state index is -0.435. The molecule has 2 aliphatic heterocycles. The van der Waals surface area contributed by atoms with Crippen LogP contribution in [0.2, 0.25) is 0 Å². The second-order valence-electron chi connectivity index (χ2n) is 3.89. The van der Waals surface area contributed by atoms with E-state index in [-0.39, 0.29) is 0 Å². The van der Waals surface area contributed by atoms with E-state index in [4.69, 9.17) is 0 Å². The molecule has 76 valence electrons. The van der Waals surface area contributed by atoms with Gasteiger partial charge >= 0.3 is 0 Å². The molecule has 1 aromatic rings. The summed E-state index contributed by atoms with van der Waals surface area (Å²) >= 11 is 0. The van der Waals surface area contributed by atoms with Crippen molar-refractivity contribution in [1.29, 1.82) is 0 Å². The van der Waals surface area contributed by atoms with Gasteiger partial charge in [0.15, 0.2) is 0 Å². The molecule has 2 heterocycles. The van der Waals surface area contributed by atoms with Crippen molar-refractivity contribution in [3.63, 3.8) is 0 Å². The minimum Gasteiger partial charge on any atom is -0.385 e. The second-order valence-corrected chi connectivity index (χ2v) is 3.89. The monoisotopic (exact) mass is 200 g/mol. The average molecular weight is 200 g/mol. The van der Waals surface area contributed by atoms with Gasteiger partial charge in [0.05, 0.1) is 5.69 Å². The van der Waals surface area contributed by atoms with Crippen molar-refractivity contribution < 1.29 is 5.11 Å². The average Bonchev–Trinajstić information content (AvgIpc) is 2.62. The van der Waals surface area contributed by atoms with Crippen molar-refractivity contribution in [2.45, 2.75) is 12.5 Å². The molecule has 1 saturated heterocycles. The lowest BCUT2D eigenvalue weighted by Gasteiger charge is -2.27. The number of benzene rings is 1. The van der Waals surface area contributed by atoms with E-state index in [1.54, 1.807) is 0 Å². The van der Waals surface area contributed by atoms with Gasteiger partial charge in [0, 0.05) is 17.8 Å². The van der Waals surface area contributed by atoms with E-state index in [2.05, 4.69) is 11.6 Å². The Balaban J connectivity index is 2.19. The van der Waals surface area contributed by atoms with Crippen molar-refractivity contribution >= 4 is 17.2 Å². The predicted molar refractivity (Wildman–Crippen MR) is 59.9 cm³/mol. The molecule has 3 nitrogen and oxygen atoms in total. The molecule has 0 aromatic heterocycles. The van der Waals surface area contributed by atoms with Gasteiger partial charge in [-0.05, 0) is 12.5 Å². The molecule has 3 heteroatoms. The predicted octanol–water partition coefficient (Wildman–Crippen LogP) is 1.77. The fraction of sp³-hybridized carbons (Fsp3) is 0.250. The Labute approximate surface area is 88.4 Å². The SMILES string of the molecule is C=C1c2ccccc2N=C2C(O)CCN12. The third kappa shape index (κ3) is 1.13. The quantitative estimate of drug-likeness (QED) is 0.692. The number of aliphatic imine (C=N–C) groups is 1. The van der Waals surface area contributed by atoms with Gasteiger partial charge in [-0.2, -0.15) is 0 Å². The maximum atomic E-state index is 9.75. The summed E-state index contributed by atoms with van der Waals surface area (Å²) in [6.45, 7) is 4.88. The smallest absolute Gasteiger partial charge is 0.138 e. The van der Waals surface area contributed by atoms with Crippen molar-refractivity contribution in [2.75, 3.05) is 6.54 Å². The summed E-state index contributed by atoms with van der Waals surface area (Å²) < 4.78 is 0. The van der Waals surface area contributed by atoms with Gasteiger partial charge in [-0.25, -0.2) is 4.99 Å². The van der Waals surface area contributed by atoms with E-state index in [9.17, 15) is 5.11 Å². The fourth-order valence-electron chi connectivity index (χ4n) is 2.17. The number of hydrogen-bond acceptors (Lipinski definition) is 3. The van der Waals surface area contributed by atoms with Crippen LogP contribution >= 0.6 is 0 Å². The summed E-state index contributed by atoms with van der Waals surface area (Å²) in [7, 11) is 0. The highest BCUT2D eigenvalue weighted by Crippen LogP contribution is 2.36. The first-order valence-electron chi connectivity index (χ1n) is 5.10. The highest BCUT2D eigenvalue weighted by molar-refractivity contribution is 6.01. The number of fused-ring (bicyclic) bond motifs is 2. The van der Waals surface area contributed by atoms with Crippen LogP contribution in [0.3, 0.4) is 0 Å². The molecular formula is C12H12N2O. The molecule has 1 unspecified atom stereocenters. The maximum Gasteiger partial charge on any atom is 0.138 e.